The van der Waals surface area contributed by atoms with Gasteiger partial charge in [-0.3, -0.25) is 4.79 Å². The predicted molar refractivity (Wildman–Crippen MR) is 70.4 cm³/mol. The third-order valence-corrected chi connectivity index (χ3v) is 3.68. The monoisotopic (exact) mass is 259 g/mol. The van der Waals surface area contributed by atoms with E-state index in [4.69, 9.17) is 4.74 Å². The Balaban J connectivity index is 1.84. The van der Waals surface area contributed by atoms with E-state index < -0.39 is 0 Å². The lowest BCUT2D eigenvalue weighted by molar-refractivity contribution is 0.104. The highest BCUT2D eigenvalue weighted by Gasteiger charge is 2.23. The van der Waals surface area contributed by atoms with Gasteiger partial charge in [0.25, 0.3) is 0 Å². The zero-order valence-corrected chi connectivity index (χ0v) is 10.9. The Morgan fingerprint density at radius 3 is 2.94 bits per heavy atom. The molecular formula is C14H13NO2S. The maximum absolute atomic E-state index is 12.2. The molecule has 2 aromatic rings. The van der Waals surface area contributed by atoms with Crippen LogP contribution in [-0.2, 0) is 0 Å². The lowest BCUT2D eigenvalue weighted by Crippen LogP contribution is -2.01. The molecule has 1 aliphatic rings. The standard InChI is InChI=1S/C14H13NO2S/c1-9-15-8-13(18-9)14(16)10-3-2-4-12(7-10)17-11-5-6-11/h2-4,7-8,11H,5-6H2,1H3. The van der Waals surface area contributed by atoms with Crippen molar-refractivity contribution >= 4 is 17.1 Å². The minimum absolute atomic E-state index is 0.0156. The molecule has 0 bridgehead atoms. The van der Waals surface area contributed by atoms with Gasteiger partial charge in [-0.15, -0.1) is 11.3 Å². The van der Waals surface area contributed by atoms with Crippen LogP contribution in [0.15, 0.2) is 30.5 Å². The molecule has 1 aromatic carbocycles. The summed E-state index contributed by atoms with van der Waals surface area (Å²) in [6.45, 7) is 1.90. The molecule has 0 unspecified atom stereocenters. The molecular weight excluding hydrogens is 246 g/mol. The fourth-order valence-corrected chi connectivity index (χ4v) is 2.44. The molecule has 1 aliphatic carbocycles. The van der Waals surface area contributed by atoms with Gasteiger partial charge in [0.15, 0.2) is 0 Å². The van der Waals surface area contributed by atoms with Gasteiger partial charge in [-0.25, -0.2) is 4.98 Å². The van der Waals surface area contributed by atoms with Gasteiger partial charge in [-0.2, -0.15) is 0 Å². The van der Waals surface area contributed by atoms with E-state index in [1.807, 2.05) is 31.2 Å². The highest BCUT2D eigenvalue weighted by molar-refractivity contribution is 7.13. The van der Waals surface area contributed by atoms with Crippen molar-refractivity contribution in [2.45, 2.75) is 25.9 Å². The molecule has 1 fully saturated rings. The van der Waals surface area contributed by atoms with Crippen LogP contribution in [0.5, 0.6) is 5.75 Å². The van der Waals surface area contributed by atoms with Gasteiger partial charge >= 0.3 is 0 Å². The SMILES string of the molecule is Cc1ncc(C(=O)c2cccc(OC3CC3)c2)s1. The number of ether oxygens (including phenoxy) is 1. The molecule has 0 saturated heterocycles. The van der Waals surface area contributed by atoms with Crippen LogP contribution in [0.1, 0.15) is 33.1 Å². The number of carbonyl (C=O) groups excluding carboxylic acids is 1. The van der Waals surface area contributed by atoms with E-state index in [1.54, 1.807) is 6.20 Å². The van der Waals surface area contributed by atoms with Crippen molar-refractivity contribution in [3.8, 4) is 5.75 Å². The number of rotatable bonds is 4. The number of benzene rings is 1. The quantitative estimate of drug-likeness (QED) is 0.791. The zero-order valence-electron chi connectivity index (χ0n) is 10.1. The van der Waals surface area contributed by atoms with Crippen LogP contribution in [0.25, 0.3) is 0 Å². The van der Waals surface area contributed by atoms with Crippen molar-refractivity contribution in [2.75, 3.05) is 0 Å². The van der Waals surface area contributed by atoms with Gasteiger partial charge < -0.3 is 4.74 Å². The van der Waals surface area contributed by atoms with Gasteiger partial charge in [0.1, 0.15) is 5.75 Å². The van der Waals surface area contributed by atoms with Gasteiger partial charge in [0.05, 0.1) is 16.0 Å². The molecule has 0 amide bonds. The summed E-state index contributed by atoms with van der Waals surface area (Å²) in [6.07, 6.45) is 4.22. The molecule has 18 heavy (non-hydrogen) atoms. The Morgan fingerprint density at radius 2 is 2.28 bits per heavy atom. The van der Waals surface area contributed by atoms with Crippen molar-refractivity contribution in [2.24, 2.45) is 0 Å². The summed E-state index contributed by atoms with van der Waals surface area (Å²) in [5.74, 6) is 0.798. The number of aromatic nitrogens is 1. The van der Waals surface area contributed by atoms with Crippen LogP contribution in [0.4, 0.5) is 0 Å². The number of ketones is 1. The second-order valence-corrected chi connectivity index (χ2v) is 5.65. The molecule has 0 aliphatic heterocycles. The first-order chi connectivity index (χ1) is 8.72. The summed E-state index contributed by atoms with van der Waals surface area (Å²) < 4.78 is 5.69. The van der Waals surface area contributed by atoms with Gasteiger partial charge in [-0.05, 0) is 31.9 Å². The number of thiazole rings is 1. The second-order valence-electron chi connectivity index (χ2n) is 4.42. The summed E-state index contributed by atoms with van der Waals surface area (Å²) in [6, 6.07) is 7.39. The highest BCUT2D eigenvalue weighted by Crippen LogP contribution is 2.27. The van der Waals surface area contributed by atoms with Gasteiger partial charge in [0, 0.05) is 11.8 Å². The lowest BCUT2D eigenvalue weighted by Gasteiger charge is -2.05. The summed E-state index contributed by atoms with van der Waals surface area (Å²) in [5.41, 5.74) is 0.664. The molecule has 92 valence electrons. The topological polar surface area (TPSA) is 39.2 Å². The summed E-state index contributed by atoms with van der Waals surface area (Å²) in [7, 11) is 0. The Morgan fingerprint density at radius 1 is 1.44 bits per heavy atom. The van der Waals surface area contributed by atoms with E-state index in [2.05, 4.69) is 4.98 Å². The number of hydrogen-bond donors (Lipinski definition) is 0. The molecule has 3 rings (SSSR count). The lowest BCUT2D eigenvalue weighted by atomic mass is 10.1. The second kappa shape index (κ2) is 4.53. The van der Waals surface area contributed by atoms with E-state index >= 15 is 0 Å². The third kappa shape index (κ3) is 2.43. The molecule has 0 radical (unpaired) electrons. The molecule has 0 atom stereocenters. The van der Waals surface area contributed by atoms with Crippen LogP contribution in [-0.4, -0.2) is 16.9 Å². The highest BCUT2D eigenvalue weighted by atomic mass is 32.1. The van der Waals surface area contributed by atoms with E-state index in [0.717, 1.165) is 23.6 Å². The first-order valence-corrected chi connectivity index (χ1v) is 6.78. The van der Waals surface area contributed by atoms with Crippen molar-refractivity contribution in [1.82, 2.24) is 4.98 Å². The van der Waals surface area contributed by atoms with Crippen molar-refractivity contribution < 1.29 is 9.53 Å². The van der Waals surface area contributed by atoms with Crippen LogP contribution in [0, 0.1) is 6.92 Å². The summed E-state index contributed by atoms with van der Waals surface area (Å²) in [5, 5.41) is 0.906. The molecule has 4 heteroatoms. The fraction of sp³-hybridized carbons (Fsp3) is 0.286. The number of carbonyl (C=O) groups is 1. The Bertz CT molecular complexity index is 587. The Labute approximate surface area is 109 Å². The Hall–Kier alpha value is -1.68. The fourth-order valence-electron chi connectivity index (χ4n) is 1.70. The predicted octanol–water partition coefficient (Wildman–Crippen LogP) is 3.22. The molecule has 1 saturated carbocycles. The third-order valence-electron chi connectivity index (χ3n) is 2.77. The Kier molecular flexibility index (Phi) is 2.88. The zero-order chi connectivity index (χ0) is 12.5. The number of aryl methyl sites for hydroxylation is 1. The van der Waals surface area contributed by atoms with E-state index in [0.29, 0.717) is 16.5 Å². The van der Waals surface area contributed by atoms with Crippen LogP contribution in [0.3, 0.4) is 0 Å². The largest absolute Gasteiger partial charge is 0.490 e. The van der Waals surface area contributed by atoms with E-state index in [1.165, 1.54) is 11.3 Å². The van der Waals surface area contributed by atoms with Gasteiger partial charge in [-0.1, -0.05) is 12.1 Å². The van der Waals surface area contributed by atoms with E-state index in [-0.39, 0.29) is 5.78 Å². The first kappa shape index (κ1) is 11.4. The van der Waals surface area contributed by atoms with Crippen molar-refractivity contribution in [3.63, 3.8) is 0 Å². The average molecular weight is 259 g/mol. The van der Waals surface area contributed by atoms with Gasteiger partial charge in [0.2, 0.25) is 5.78 Å². The average Bonchev–Trinajstić information content (AvgIpc) is 3.08. The summed E-state index contributed by atoms with van der Waals surface area (Å²) in [4.78, 5) is 17.0. The van der Waals surface area contributed by atoms with Crippen LogP contribution in [0.2, 0.25) is 0 Å². The van der Waals surface area contributed by atoms with Crippen LogP contribution >= 0.6 is 11.3 Å². The van der Waals surface area contributed by atoms with E-state index in [9.17, 15) is 4.79 Å². The van der Waals surface area contributed by atoms with Crippen molar-refractivity contribution in [1.29, 1.82) is 0 Å². The maximum Gasteiger partial charge on any atom is 0.204 e. The van der Waals surface area contributed by atoms with Crippen LogP contribution < -0.4 is 4.74 Å². The molecule has 1 heterocycles. The normalized spacial score (nSPS) is 14.5. The number of hydrogen-bond acceptors (Lipinski definition) is 4. The molecule has 0 spiro atoms. The number of nitrogens with zero attached hydrogens (tertiary/aromatic N) is 1. The molecule has 3 nitrogen and oxygen atoms in total. The first-order valence-electron chi connectivity index (χ1n) is 5.96. The maximum atomic E-state index is 12.2. The molecule has 0 N–H and O–H groups in total. The minimum Gasteiger partial charge on any atom is -0.490 e. The van der Waals surface area contributed by atoms with Crippen molar-refractivity contribution in [3.05, 3.63) is 45.9 Å². The summed E-state index contributed by atoms with van der Waals surface area (Å²) >= 11 is 1.42. The molecule has 1 aromatic heterocycles. The minimum atomic E-state index is 0.0156. The smallest absolute Gasteiger partial charge is 0.204 e.